The van der Waals surface area contributed by atoms with Crippen LogP contribution >= 0.6 is 0 Å². The van der Waals surface area contributed by atoms with Crippen molar-refractivity contribution in [1.29, 1.82) is 0 Å². The summed E-state index contributed by atoms with van der Waals surface area (Å²) < 4.78 is 2.20. The van der Waals surface area contributed by atoms with Crippen LogP contribution in [-0.4, -0.2) is 15.5 Å². The zero-order valence-electron chi connectivity index (χ0n) is 12.8. The van der Waals surface area contributed by atoms with Crippen LogP contribution in [0.15, 0.2) is 54.6 Å². The molecule has 3 rings (SSSR count). The maximum Gasteiger partial charge on any atom is 0.217 e. The van der Waals surface area contributed by atoms with Gasteiger partial charge in [-0.1, -0.05) is 42.5 Å². The molecule has 0 aliphatic rings. The molecule has 1 amide bonds. The quantitative estimate of drug-likeness (QED) is 0.802. The molecule has 1 atom stereocenters. The van der Waals surface area contributed by atoms with Crippen molar-refractivity contribution in [1.82, 2.24) is 14.9 Å². The maximum absolute atomic E-state index is 11.2. The highest BCUT2D eigenvalue weighted by atomic mass is 16.1. The van der Waals surface area contributed by atoms with Gasteiger partial charge in [-0.2, -0.15) is 0 Å². The van der Waals surface area contributed by atoms with Crippen LogP contribution in [0.3, 0.4) is 0 Å². The number of amides is 1. The number of hydrogen-bond acceptors (Lipinski definition) is 2. The molecule has 0 saturated carbocycles. The predicted molar refractivity (Wildman–Crippen MR) is 87.5 cm³/mol. The SMILES string of the molecule is CC(=O)NCc1nc2ccccc2n1[C@@H](C)c1ccccc1. The van der Waals surface area contributed by atoms with E-state index in [0.717, 1.165) is 16.9 Å². The number of aromatic nitrogens is 2. The molecule has 0 aliphatic carbocycles. The van der Waals surface area contributed by atoms with E-state index in [2.05, 4.69) is 40.0 Å². The molecule has 0 unspecified atom stereocenters. The van der Waals surface area contributed by atoms with E-state index in [1.165, 1.54) is 12.5 Å². The number of fused-ring (bicyclic) bond motifs is 1. The van der Waals surface area contributed by atoms with Crippen molar-refractivity contribution in [2.75, 3.05) is 0 Å². The maximum atomic E-state index is 11.2. The van der Waals surface area contributed by atoms with E-state index in [1.54, 1.807) is 0 Å². The number of benzene rings is 2. The van der Waals surface area contributed by atoms with E-state index in [4.69, 9.17) is 0 Å². The summed E-state index contributed by atoms with van der Waals surface area (Å²) in [4.78, 5) is 15.9. The molecule has 2 aromatic carbocycles. The molecule has 3 aromatic rings. The number of rotatable bonds is 4. The molecule has 0 aliphatic heterocycles. The number of carbonyl (C=O) groups is 1. The summed E-state index contributed by atoms with van der Waals surface area (Å²) in [7, 11) is 0. The van der Waals surface area contributed by atoms with Crippen LogP contribution in [0.2, 0.25) is 0 Å². The van der Waals surface area contributed by atoms with Crippen molar-refractivity contribution in [2.45, 2.75) is 26.4 Å². The van der Waals surface area contributed by atoms with Gasteiger partial charge in [-0.15, -0.1) is 0 Å². The van der Waals surface area contributed by atoms with E-state index in [0.29, 0.717) is 6.54 Å². The average Bonchev–Trinajstić information content (AvgIpc) is 2.91. The number of para-hydroxylation sites is 2. The zero-order chi connectivity index (χ0) is 15.5. The Hall–Kier alpha value is -2.62. The van der Waals surface area contributed by atoms with Crippen LogP contribution in [0.4, 0.5) is 0 Å². The largest absolute Gasteiger partial charge is 0.349 e. The number of hydrogen-bond donors (Lipinski definition) is 1. The Balaban J connectivity index is 2.09. The molecule has 22 heavy (non-hydrogen) atoms. The smallest absolute Gasteiger partial charge is 0.217 e. The average molecular weight is 293 g/mol. The molecule has 0 saturated heterocycles. The fourth-order valence-corrected chi connectivity index (χ4v) is 2.74. The molecular formula is C18H19N3O. The van der Waals surface area contributed by atoms with E-state index in [-0.39, 0.29) is 11.9 Å². The summed E-state index contributed by atoms with van der Waals surface area (Å²) >= 11 is 0. The first-order valence-corrected chi connectivity index (χ1v) is 7.42. The van der Waals surface area contributed by atoms with Gasteiger partial charge < -0.3 is 9.88 Å². The van der Waals surface area contributed by atoms with Crippen molar-refractivity contribution in [2.24, 2.45) is 0 Å². The molecule has 4 heteroatoms. The molecule has 4 nitrogen and oxygen atoms in total. The van der Waals surface area contributed by atoms with Gasteiger partial charge in [-0.3, -0.25) is 4.79 Å². The van der Waals surface area contributed by atoms with Gasteiger partial charge in [0.05, 0.1) is 23.6 Å². The molecule has 1 heterocycles. The van der Waals surface area contributed by atoms with E-state index in [9.17, 15) is 4.79 Å². The number of imidazole rings is 1. The summed E-state index contributed by atoms with van der Waals surface area (Å²) in [5, 5.41) is 2.85. The van der Waals surface area contributed by atoms with Gasteiger partial charge in [0.1, 0.15) is 5.82 Å². The Morgan fingerprint density at radius 2 is 1.82 bits per heavy atom. The summed E-state index contributed by atoms with van der Waals surface area (Å²) in [5.74, 6) is 0.818. The Morgan fingerprint density at radius 1 is 1.14 bits per heavy atom. The van der Waals surface area contributed by atoms with E-state index >= 15 is 0 Å². The van der Waals surface area contributed by atoms with E-state index in [1.807, 2.05) is 36.4 Å². The highest BCUT2D eigenvalue weighted by Gasteiger charge is 2.16. The Kier molecular flexibility index (Phi) is 3.92. The fourth-order valence-electron chi connectivity index (χ4n) is 2.74. The minimum absolute atomic E-state index is 0.0500. The van der Waals surface area contributed by atoms with E-state index < -0.39 is 0 Å². The van der Waals surface area contributed by atoms with Crippen molar-refractivity contribution in [3.63, 3.8) is 0 Å². The van der Waals surface area contributed by atoms with Crippen LogP contribution < -0.4 is 5.32 Å². The Labute approximate surface area is 129 Å². The molecule has 0 spiro atoms. The van der Waals surface area contributed by atoms with Crippen molar-refractivity contribution in [3.05, 3.63) is 66.0 Å². The second-order valence-corrected chi connectivity index (χ2v) is 5.38. The molecule has 0 bridgehead atoms. The van der Waals surface area contributed by atoms with Crippen molar-refractivity contribution < 1.29 is 4.79 Å². The molecule has 1 N–H and O–H groups in total. The van der Waals surface area contributed by atoms with Gasteiger partial charge in [0.25, 0.3) is 0 Å². The lowest BCUT2D eigenvalue weighted by atomic mass is 10.1. The Morgan fingerprint density at radius 3 is 2.55 bits per heavy atom. The first-order chi connectivity index (χ1) is 10.7. The van der Waals surface area contributed by atoms with Gasteiger partial charge in [0.2, 0.25) is 5.91 Å². The highest BCUT2D eigenvalue weighted by Crippen LogP contribution is 2.25. The molecule has 112 valence electrons. The second-order valence-electron chi connectivity index (χ2n) is 5.38. The van der Waals surface area contributed by atoms with Gasteiger partial charge in [-0.05, 0) is 24.6 Å². The zero-order valence-corrected chi connectivity index (χ0v) is 12.8. The number of nitrogens with one attached hydrogen (secondary N) is 1. The lowest BCUT2D eigenvalue weighted by Crippen LogP contribution is -2.22. The third-order valence-corrected chi connectivity index (χ3v) is 3.83. The molecule has 1 aromatic heterocycles. The summed E-state index contributed by atoms with van der Waals surface area (Å²) in [5.41, 5.74) is 3.25. The molecular weight excluding hydrogens is 274 g/mol. The van der Waals surface area contributed by atoms with Crippen LogP contribution in [-0.2, 0) is 11.3 Å². The predicted octanol–water partition coefficient (Wildman–Crippen LogP) is 3.28. The summed E-state index contributed by atoms with van der Waals surface area (Å²) in [6.45, 7) is 4.11. The monoisotopic (exact) mass is 293 g/mol. The highest BCUT2D eigenvalue weighted by molar-refractivity contribution is 5.77. The van der Waals surface area contributed by atoms with Crippen LogP contribution in [0.5, 0.6) is 0 Å². The topological polar surface area (TPSA) is 46.9 Å². The summed E-state index contributed by atoms with van der Waals surface area (Å²) in [6, 6.07) is 18.5. The minimum Gasteiger partial charge on any atom is -0.349 e. The molecule has 0 fully saturated rings. The fraction of sp³-hybridized carbons (Fsp3) is 0.222. The van der Waals surface area contributed by atoms with Crippen LogP contribution in [0.25, 0.3) is 11.0 Å². The van der Waals surface area contributed by atoms with Crippen molar-refractivity contribution in [3.8, 4) is 0 Å². The molecule has 0 radical (unpaired) electrons. The number of nitrogens with zero attached hydrogens (tertiary/aromatic N) is 2. The Bertz CT molecular complexity index is 792. The first kappa shape index (κ1) is 14.3. The van der Waals surface area contributed by atoms with Crippen LogP contribution in [0, 0.1) is 0 Å². The lowest BCUT2D eigenvalue weighted by molar-refractivity contribution is -0.119. The first-order valence-electron chi connectivity index (χ1n) is 7.42. The minimum atomic E-state index is -0.0500. The third-order valence-electron chi connectivity index (χ3n) is 3.83. The van der Waals surface area contributed by atoms with Crippen LogP contribution in [0.1, 0.15) is 31.3 Å². The van der Waals surface area contributed by atoms with Crippen molar-refractivity contribution >= 4 is 16.9 Å². The normalized spacial score (nSPS) is 12.3. The van der Waals surface area contributed by atoms with Gasteiger partial charge in [-0.25, -0.2) is 4.98 Å². The lowest BCUT2D eigenvalue weighted by Gasteiger charge is -2.18. The van der Waals surface area contributed by atoms with Gasteiger partial charge in [0.15, 0.2) is 0 Å². The van der Waals surface area contributed by atoms with Gasteiger partial charge >= 0.3 is 0 Å². The number of carbonyl (C=O) groups excluding carboxylic acids is 1. The van der Waals surface area contributed by atoms with Gasteiger partial charge in [0, 0.05) is 6.92 Å². The second kappa shape index (κ2) is 6.02. The third kappa shape index (κ3) is 2.72. The summed E-state index contributed by atoms with van der Waals surface area (Å²) in [6.07, 6.45) is 0. The standard InChI is InChI=1S/C18H19N3O/c1-13(15-8-4-3-5-9-15)21-17-11-7-6-10-16(17)20-18(21)12-19-14(2)22/h3-11,13H,12H2,1-2H3,(H,19,22)/t13-/m0/s1.